The van der Waals surface area contributed by atoms with Crippen molar-refractivity contribution in [1.29, 1.82) is 0 Å². The van der Waals surface area contributed by atoms with Crippen molar-refractivity contribution in [2.75, 3.05) is 0 Å². The molecule has 1 unspecified atom stereocenters. The summed E-state index contributed by atoms with van der Waals surface area (Å²) in [4.78, 5) is 0. The van der Waals surface area contributed by atoms with Crippen LogP contribution >= 0.6 is 11.6 Å². The quantitative estimate of drug-likeness (QED) is 0.606. The van der Waals surface area contributed by atoms with Gasteiger partial charge in [-0.2, -0.15) is 0 Å². The predicted octanol–water partition coefficient (Wildman–Crippen LogP) is 1.90. The average Bonchev–Trinajstić information content (AvgIpc) is 1.91. The summed E-state index contributed by atoms with van der Waals surface area (Å²) in [6.45, 7) is 0. The van der Waals surface area contributed by atoms with E-state index in [9.17, 15) is 0 Å². The molecule has 0 bridgehead atoms. The van der Waals surface area contributed by atoms with E-state index < -0.39 is 0 Å². The number of hydrogen-bond acceptors (Lipinski definition) is 1. The second-order valence-electron chi connectivity index (χ2n) is 2.62. The van der Waals surface area contributed by atoms with Crippen molar-refractivity contribution >= 4 is 11.6 Å². The van der Waals surface area contributed by atoms with Gasteiger partial charge < -0.3 is 5.73 Å². The lowest BCUT2D eigenvalue weighted by Gasteiger charge is -2.27. The number of fused-ring (bicyclic) bond motifs is 1. The van der Waals surface area contributed by atoms with Crippen molar-refractivity contribution in [1.82, 2.24) is 0 Å². The second-order valence-corrected chi connectivity index (χ2v) is 3.03. The summed E-state index contributed by atoms with van der Waals surface area (Å²) in [5.74, 6) is 0. The second kappa shape index (κ2) is 1.97. The van der Waals surface area contributed by atoms with Gasteiger partial charge in [0.2, 0.25) is 0 Å². The molecule has 1 aromatic rings. The predicted molar refractivity (Wildman–Crippen MR) is 42.1 cm³/mol. The van der Waals surface area contributed by atoms with Crippen LogP contribution in [0.3, 0.4) is 0 Å². The molecule has 0 saturated carbocycles. The zero-order chi connectivity index (χ0) is 7.14. The minimum absolute atomic E-state index is 0.230. The maximum atomic E-state index is 5.87. The van der Waals surface area contributed by atoms with Crippen LogP contribution < -0.4 is 5.73 Å². The molecule has 0 amide bonds. The summed E-state index contributed by atoms with van der Waals surface area (Å²) in [6, 6.07) is 6.12. The SMILES string of the molecule is NC1Cc2c(Cl)cccc21. The number of benzene rings is 1. The number of halogens is 1. The van der Waals surface area contributed by atoms with E-state index in [-0.39, 0.29) is 6.04 Å². The van der Waals surface area contributed by atoms with Gasteiger partial charge >= 0.3 is 0 Å². The van der Waals surface area contributed by atoms with Gasteiger partial charge in [-0.25, -0.2) is 0 Å². The maximum absolute atomic E-state index is 5.87. The van der Waals surface area contributed by atoms with Crippen LogP contribution in [0.4, 0.5) is 0 Å². The van der Waals surface area contributed by atoms with E-state index in [2.05, 4.69) is 0 Å². The molecule has 0 aromatic heterocycles. The van der Waals surface area contributed by atoms with E-state index in [1.54, 1.807) is 0 Å². The first kappa shape index (κ1) is 6.20. The van der Waals surface area contributed by atoms with Gasteiger partial charge in [0.25, 0.3) is 0 Å². The number of rotatable bonds is 0. The third-order valence-electron chi connectivity index (χ3n) is 1.98. The van der Waals surface area contributed by atoms with Crippen molar-refractivity contribution in [3.05, 3.63) is 34.3 Å². The van der Waals surface area contributed by atoms with Crippen molar-refractivity contribution in [2.45, 2.75) is 12.5 Å². The van der Waals surface area contributed by atoms with Gasteiger partial charge in [0.05, 0.1) is 0 Å². The van der Waals surface area contributed by atoms with E-state index in [1.807, 2.05) is 18.2 Å². The highest BCUT2D eigenvalue weighted by Crippen LogP contribution is 2.35. The van der Waals surface area contributed by atoms with Gasteiger partial charge in [0.15, 0.2) is 0 Å². The Hall–Kier alpha value is -0.530. The van der Waals surface area contributed by atoms with Gasteiger partial charge in [-0.3, -0.25) is 0 Å². The minimum Gasteiger partial charge on any atom is -0.324 e. The Kier molecular flexibility index (Phi) is 1.22. The highest BCUT2D eigenvalue weighted by Gasteiger charge is 2.23. The molecule has 2 N–H and O–H groups in total. The Morgan fingerprint density at radius 1 is 1.50 bits per heavy atom. The molecule has 0 radical (unpaired) electrons. The Morgan fingerprint density at radius 3 is 2.90 bits per heavy atom. The molecule has 1 aliphatic carbocycles. The summed E-state index contributed by atoms with van der Waals surface area (Å²) in [6.07, 6.45) is 0.939. The summed E-state index contributed by atoms with van der Waals surface area (Å²) >= 11 is 5.87. The molecule has 0 fully saturated rings. The van der Waals surface area contributed by atoms with Crippen LogP contribution in [0.15, 0.2) is 18.2 Å². The van der Waals surface area contributed by atoms with Crippen molar-refractivity contribution in [2.24, 2.45) is 5.73 Å². The standard InChI is InChI=1S/C8H8ClN/c9-7-3-1-2-5-6(7)4-8(5)10/h1-3,8H,4,10H2. The molecule has 0 heterocycles. The third kappa shape index (κ3) is 0.678. The normalized spacial score (nSPS) is 21.6. The largest absolute Gasteiger partial charge is 0.324 e. The fourth-order valence-corrected chi connectivity index (χ4v) is 1.60. The van der Waals surface area contributed by atoms with Crippen molar-refractivity contribution in [3.63, 3.8) is 0 Å². The highest BCUT2D eigenvalue weighted by molar-refractivity contribution is 6.31. The van der Waals surface area contributed by atoms with Gasteiger partial charge in [-0.15, -0.1) is 0 Å². The van der Waals surface area contributed by atoms with Crippen LogP contribution in [0.25, 0.3) is 0 Å². The van der Waals surface area contributed by atoms with E-state index in [0.717, 1.165) is 11.4 Å². The molecule has 0 saturated heterocycles. The fraction of sp³-hybridized carbons (Fsp3) is 0.250. The molecule has 0 aliphatic heterocycles. The first-order chi connectivity index (χ1) is 4.79. The highest BCUT2D eigenvalue weighted by atomic mass is 35.5. The molecule has 1 nitrogen and oxygen atoms in total. The lowest BCUT2D eigenvalue weighted by atomic mass is 9.84. The van der Waals surface area contributed by atoms with Gasteiger partial charge in [-0.1, -0.05) is 23.7 Å². The molecule has 10 heavy (non-hydrogen) atoms. The van der Waals surface area contributed by atoms with E-state index >= 15 is 0 Å². The molecular formula is C8H8ClN. The first-order valence-electron chi connectivity index (χ1n) is 3.32. The third-order valence-corrected chi connectivity index (χ3v) is 2.33. The zero-order valence-electron chi connectivity index (χ0n) is 5.47. The van der Waals surface area contributed by atoms with Crippen molar-refractivity contribution in [3.8, 4) is 0 Å². The Balaban J connectivity index is 2.56. The first-order valence-corrected chi connectivity index (χ1v) is 3.69. The van der Waals surface area contributed by atoms with Gasteiger partial charge in [-0.05, 0) is 23.6 Å². The Bertz CT molecular complexity index is 270. The van der Waals surface area contributed by atoms with E-state index in [4.69, 9.17) is 17.3 Å². The topological polar surface area (TPSA) is 26.0 Å². The summed E-state index contributed by atoms with van der Waals surface area (Å²) in [7, 11) is 0. The number of nitrogens with two attached hydrogens (primary N) is 1. The molecule has 2 rings (SSSR count). The molecule has 52 valence electrons. The fourth-order valence-electron chi connectivity index (χ4n) is 1.34. The van der Waals surface area contributed by atoms with Crippen LogP contribution in [0.5, 0.6) is 0 Å². The maximum Gasteiger partial charge on any atom is 0.0442 e. The monoisotopic (exact) mass is 153 g/mol. The summed E-state index contributed by atoms with van der Waals surface area (Å²) < 4.78 is 0. The smallest absolute Gasteiger partial charge is 0.0442 e. The van der Waals surface area contributed by atoms with Crippen LogP contribution in [0, 0.1) is 0 Å². The van der Waals surface area contributed by atoms with Crippen LogP contribution in [0.2, 0.25) is 5.02 Å². The van der Waals surface area contributed by atoms with Crippen molar-refractivity contribution < 1.29 is 0 Å². The Labute approximate surface area is 64.8 Å². The van der Waals surface area contributed by atoms with Gasteiger partial charge in [0, 0.05) is 11.1 Å². The zero-order valence-corrected chi connectivity index (χ0v) is 6.23. The number of hydrogen-bond donors (Lipinski definition) is 1. The lowest BCUT2D eigenvalue weighted by Crippen LogP contribution is -2.24. The van der Waals surface area contributed by atoms with E-state index in [1.165, 1.54) is 11.1 Å². The lowest BCUT2D eigenvalue weighted by molar-refractivity contribution is 0.636. The minimum atomic E-state index is 0.230. The molecular weight excluding hydrogens is 146 g/mol. The molecule has 1 aromatic carbocycles. The Morgan fingerprint density at radius 2 is 2.30 bits per heavy atom. The van der Waals surface area contributed by atoms with Crippen LogP contribution in [-0.2, 0) is 6.42 Å². The molecule has 0 spiro atoms. The summed E-state index contributed by atoms with van der Waals surface area (Å²) in [5.41, 5.74) is 8.15. The molecule has 1 aliphatic rings. The van der Waals surface area contributed by atoms with Gasteiger partial charge in [0.1, 0.15) is 0 Å². The van der Waals surface area contributed by atoms with E-state index in [0.29, 0.717) is 0 Å². The average molecular weight is 154 g/mol. The molecule has 2 heteroatoms. The summed E-state index contributed by atoms with van der Waals surface area (Å²) in [5, 5.41) is 0.860. The van der Waals surface area contributed by atoms with Crippen LogP contribution in [-0.4, -0.2) is 0 Å². The van der Waals surface area contributed by atoms with Crippen LogP contribution in [0.1, 0.15) is 17.2 Å². The molecule has 1 atom stereocenters.